The van der Waals surface area contributed by atoms with Gasteiger partial charge in [-0.1, -0.05) is 78.9 Å². The monoisotopic (exact) mass is 520 g/mol. The van der Waals surface area contributed by atoms with Crippen molar-refractivity contribution in [2.45, 2.75) is 19.1 Å². The molecule has 2 amide bonds. The van der Waals surface area contributed by atoms with Gasteiger partial charge in [-0.3, -0.25) is 14.9 Å². The Kier molecular flexibility index (Phi) is 9.47. The van der Waals surface area contributed by atoms with E-state index in [4.69, 9.17) is 10.5 Å². The van der Waals surface area contributed by atoms with Crippen LogP contribution < -0.4 is 26.4 Å². The quantitative estimate of drug-likeness (QED) is 0.163. The molecule has 198 valence electrons. The number of rotatable bonds is 11. The Labute approximate surface area is 228 Å². The van der Waals surface area contributed by atoms with Crippen molar-refractivity contribution in [3.63, 3.8) is 0 Å². The highest BCUT2D eigenvalue weighted by Crippen LogP contribution is 2.19. The van der Waals surface area contributed by atoms with E-state index in [2.05, 4.69) is 16.0 Å². The smallest absolute Gasteiger partial charge is 0.248 e. The number of hydrogen-bond acceptors (Lipinski definition) is 5. The second-order valence-electron chi connectivity index (χ2n) is 8.94. The molecule has 4 aromatic carbocycles. The molecule has 7 heteroatoms. The lowest BCUT2D eigenvalue weighted by Crippen LogP contribution is -2.37. The third-order valence-corrected chi connectivity index (χ3v) is 6.16. The van der Waals surface area contributed by atoms with Gasteiger partial charge in [-0.05, 0) is 52.6 Å². The van der Waals surface area contributed by atoms with Gasteiger partial charge in [-0.15, -0.1) is 0 Å². The van der Waals surface area contributed by atoms with Crippen LogP contribution in [0, 0.1) is 0 Å². The van der Waals surface area contributed by atoms with E-state index in [-0.39, 0.29) is 11.8 Å². The second-order valence-corrected chi connectivity index (χ2v) is 8.94. The molecule has 1 atom stereocenters. The fraction of sp³-hybridized carbons (Fsp3) is 0.125. The predicted octanol–water partition coefficient (Wildman–Crippen LogP) is 5.08. The number of para-hydroxylation sites is 2. The number of carbonyl (C=O) groups excluding carboxylic acids is 2. The fourth-order valence-corrected chi connectivity index (χ4v) is 3.97. The van der Waals surface area contributed by atoms with Gasteiger partial charge in [0.1, 0.15) is 11.8 Å². The van der Waals surface area contributed by atoms with Crippen LogP contribution in [0.3, 0.4) is 0 Å². The summed E-state index contributed by atoms with van der Waals surface area (Å²) in [6.07, 6.45) is 3.17. The van der Waals surface area contributed by atoms with Crippen LogP contribution in [-0.2, 0) is 22.7 Å². The number of nitrogens with two attached hydrogens (primary N) is 1. The molecule has 0 aromatic heterocycles. The Morgan fingerprint density at radius 2 is 1.49 bits per heavy atom. The Hall–Kier alpha value is -4.88. The summed E-state index contributed by atoms with van der Waals surface area (Å²) >= 11 is 0. The van der Waals surface area contributed by atoms with Gasteiger partial charge in [-0.2, -0.15) is 0 Å². The van der Waals surface area contributed by atoms with Gasteiger partial charge in [0.15, 0.2) is 0 Å². The third-order valence-electron chi connectivity index (χ3n) is 6.16. The molecule has 0 saturated heterocycles. The summed E-state index contributed by atoms with van der Waals surface area (Å²) in [6.45, 7) is 0.931. The Balaban J connectivity index is 1.44. The van der Waals surface area contributed by atoms with E-state index in [1.54, 1.807) is 25.3 Å². The van der Waals surface area contributed by atoms with Crippen molar-refractivity contribution in [1.82, 2.24) is 10.6 Å². The standard InChI is InChI=1S/C32H32N4O3/c1-39-27-18-13-25(14-19-27)21-34-31(32(38)35-22-24-7-3-2-4-8-24)26-16-11-23(12-17-26)15-20-30(37)36-29-10-6-5-9-28(29)33/h2-20,31,34H,21-22,33H2,1H3,(H,35,38)(H,36,37). The van der Waals surface area contributed by atoms with Gasteiger partial charge in [-0.25, -0.2) is 0 Å². The van der Waals surface area contributed by atoms with Gasteiger partial charge < -0.3 is 21.1 Å². The molecule has 39 heavy (non-hydrogen) atoms. The summed E-state index contributed by atoms with van der Waals surface area (Å²) < 4.78 is 5.24. The van der Waals surface area contributed by atoms with E-state index >= 15 is 0 Å². The summed E-state index contributed by atoms with van der Waals surface area (Å²) in [5.74, 6) is 0.368. The molecular formula is C32H32N4O3. The van der Waals surface area contributed by atoms with Crippen LogP contribution in [0.15, 0.2) is 109 Å². The number of anilines is 2. The lowest BCUT2D eigenvalue weighted by molar-refractivity contribution is -0.123. The summed E-state index contributed by atoms with van der Waals surface area (Å²) in [5.41, 5.74) is 10.7. The van der Waals surface area contributed by atoms with Crippen LogP contribution in [0.4, 0.5) is 11.4 Å². The lowest BCUT2D eigenvalue weighted by atomic mass is 10.0. The number of nitrogens with one attached hydrogen (secondary N) is 3. The molecule has 0 aliphatic rings. The first-order valence-corrected chi connectivity index (χ1v) is 12.6. The lowest BCUT2D eigenvalue weighted by Gasteiger charge is -2.19. The predicted molar refractivity (Wildman–Crippen MR) is 156 cm³/mol. The summed E-state index contributed by atoms with van der Waals surface area (Å²) in [5, 5.41) is 9.19. The van der Waals surface area contributed by atoms with Crippen LogP contribution in [0.2, 0.25) is 0 Å². The normalized spacial score (nSPS) is 11.6. The molecule has 7 nitrogen and oxygen atoms in total. The molecule has 5 N–H and O–H groups in total. The van der Waals surface area contributed by atoms with Crippen molar-refractivity contribution in [3.05, 3.63) is 131 Å². The molecule has 0 heterocycles. The van der Waals surface area contributed by atoms with Crippen LogP contribution in [0.1, 0.15) is 28.3 Å². The molecule has 0 bridgehead atoms. The molecular weight excluding hydrogens is 488 g/mol. The Bertz CT molecular complexity index is 1400. The van der Waals surface area contributed by atoms with Gasteiger partial charge in [0.2, 0.25) is 11.8 Å². The van der Waals surface area contributed by atoms with Crippen LogP contribution >= 0.6 is 0 Å². The highest BCUT2D eigenvalue weighted by Gasteiger charge is 2.20. The zero-order valence-electron chi connectivity index (χ0n) is 21.8. The summed E-state index contributed by atoms with van der Waals surface area (Å²) in [7, 11) is 1.63. The zero-order valence-corrected chi connectivity index (χ0v) is 21.8. The number of methoxy groups -OCH3 is 1. The number of amides is 2. The molecule has 1 unspecified atom stereocenters. The zero-order chi connectivity index (χ0) is 27.5. The van der Waals surface area contributed by atoms with E-state index in [0.717, 1.165) is 28.0 Å². The average Bonchev–Trinajstić information content (AvgIpc) is 2.98. The first-order valence-electron chi connectivity index (χ1n) is 12.6. The number of benzene rings is 4. The van der Waals surface area contributed by atoms with Crippen molar-refractivity contribution in [1.29, 1.82) is 0 Å². The maximum absolute atomic E-state index is 13.3. The summed E-state index contributed by atoms with van der Waals surface area (Å²) in [6, 6.07) is 31.6. The summed E-state index contributed by atoms with van der Waals surface area (Å²) in [4.78, 5) is 25.6. The fourth-order valence-electron chi connectivity index (χ4n) is 3.97. The molecule has 0 saturated carbocycles. The molecule has 0 radical (unpaired) electrons. The molecule has 0 fully saturated rings. The van der Waals surface area contributed by atoms with E-state index in [1.165, 1.54) is 6.08 Å². The Morgan fingerprint density at radius 1 is 0.821 bits per heavy atom. The van der Waals surface area contributed by atoms with E-state index in [1.807, 2.05) is 91.0 Å². The molecule has 0 spiro atoms. The number of ether oxygens (including phenoxy) is 1. The van der Waals surface area contributed by atoms with Crippen molar-refractivity contribution in [3.8, 4) is 5.75 Å². The number of nitrogen functional groups attached to an aromatic ring is 1. The molecule has 0 aliphatic carbocycles. The first-order chi connectivity index (χ1) is 19.0. The molecule has 4 rings (SSSR count). The molecule has 4 aromatic rings. The van der Waals surface area contributed by atoms with E-state index < -0.39 is 6.04 Å². The maximum atomic E-state index is 13.3. The SMILES string of the molecule is COc1ccc(CNC(C(=O)NCc2ccccc2)c2ccc(C=CC(=O)Nc3ccccc3N)cc2)cc1. The van der Waals surface area contributed by atoms with Gasteiger partial charge in [0.25, 0.3) is 0 Å². The van der Waals surface area contributed by atoms with Crippen molar-refractivity contribution < 1.29 is 14.3 Å². The highest BCUT2D eigenvalue weighted by molar-refractivity contribution is 6.03. The van der Waals surface area contributed by atoms with Gasteiger partial charge in [0.05, 0.1) is 18.5 Å². The minimum atomic E-state index is -0.571. The van der Waals surface area contributed by atoms with Crippen LogP contribution in [0.25, 0.3) is 6.08 Å². The maximum Gasteiger partial charge on any atom is 0.248 e. The average molecular weight is 521 g/mol. The van der Waals surface area contributed by atoms with Crippen molar-refractivity contribution in [2.75, 3.05) is 18.2 Å². The molecule has 0 aliphatic heterocycles. The van der Waals surface area contributed by atoms with Crippen LogP contribution in [0.5, 0.6) is 5.75 Å². The first kappa shape index (κ1) is 27.2. The number of hydrogen-bond donors (Lipinski definition) is 4. The minimum absolute atomic E-state index is 0.129. The Morgan fingerprint density at radius 3 is 2.18 bits per heavy atom. The second kappa shape index (κ2) is 13.6. The van der Waals surface area contributed by atoms with Gasteiger partial charge >= 0.3 is 0 Å². The van der Waals surface area contributed by atoms with Crippen LogP contribution in [-0.4, -0.2) is 18.9 Å². The van der Waals surface area contributed by atoms with E-state index in [0.29, 0.717) is 24.5 Å². The minimum Gasteiger partial charge on any atom is -0.497 e. The van der Waals surface area contributed by atoms with Crippen molar-refractivity contribution in [2.24, 2.45) is 0 Å². The van der Waals surface area contributed by atoms with Gasteiger partial charge in [0, 0.05) is 19.2 Å². The highest BCUT2D eigenvalue weighted by atomic mass is 16.5. The number of carbonyl (C=O) groups is 2. The largest absolute Gasteiger partial charge is 0.497 e. The van der Waals surface area contributed by atoms with Crippen molar-refractivity contribution >= 4 is 29.3 Å². The van der Waals surface area contributed by atoms with E-state index in [9.17, 15) is 9.59 Å². The third kappa shape index (κ3) is 8.05. The topological polar surface area (TPSA) is 105 Å².